The first-order chi connectivity index (χ1) is 13.8. The zero-order chi connectivity index (χ0) is 21.0. The van der Waals surface area contributed by atoms with E-state index in [1.54, 1.807) is 12.1 Å². The Balaban J connectivity index is 1.57. The number of piperidine rings is 1. The molecule has 3 rings (SSSR count). The number of nitrogens with zero attached hydrogens (tertiary/aromatic N) is 1. The lowest BCUT2D eigenvalue weighted by Crippen LogP contribution is -2.49. The number of hydrogen-bond acceptors (Lipinski definition) is 3. The Labute approximate surface area is 168 Å². The lowest BCUT2D eigenvalue weighted by molar-refractivity contribution is -0.139. The number of rotatable bonds is 5. The van der Waals surface area contributed by atoms with E-state index in [9.17, 15) is 18.4 Å². The van der Waals surface area contributed by atoms with Crippen LogP contribution in [0.25, 0.3) is 0 Å². The van der Waals surface area contributed by atoms with Crippen LogP contribution < -0.4 is 10.1 Å². The van der Waals surface area contributed by atoms with Gasteiger partial charge in [-0.3, -0.25) is 9.59 Å². The summed E-state index contributed by atoms with van der Waals surface area (Å²) in [5.41, 5.74) is 0.0244. The van der Waals surface area contributed by atoms with Crippen LogP contribution in [0.15, 0.2) is 42.5 Å². The molecule has 154 valence electrons. The van der Waals surface area contributed by atoms with E-state index in [1.807, 2.05) is 18.7 Å². The third-order valence-corrected chi connectivity index (χ3v) is 5.14. The van der Waals surface area contributed by atoms with Crippen molar-refractivity contribution in [2.24, 2.45) is 0 Å². The summed E-state index contributed by atoms with van der Waals surface area (Å²) in [7, 11) is 0. The van der Waals surface area contributed by atoms with Crippen LogP contribution in [0.4, 0.5) is 14.5 Å². The molecule has 7 heteroatoms. The van der Waals surface area contributed by atoms with Crippen molar-refractivity contribution in [2.75, 3.05) is 11.9 Å². The van der Waals surface area contributed by atoms with E-state index >= 15 is 0 Å². The summed E-state index contributed by atoms with van der Waals surface area (Å²) in [4.78, 5) is 26.6. The summed E-state index contributed by atoms with van der Waals surface area (Å²) in [5, 5.41) is 2.33. The van der Waals surface area contributed by atoms with E-state index < -0.39 is 17.5 Å². The van der Waals surface area contributed by atoms with Gasteiger partial charge in [-0.05, 0) is 69.5 Å². The number of benzene rings is 2. The van der Waals surface area contributed by atoms with Gasteiger partial charge in [0.05, 0.1) is 5.69 Å². The largest absolute Gasteiger partial charge is 0.484 e. The summed E-state index contributed by atoms with van der Waals surface area (Å²) in [6.07, 6.45) is 3.10. The first-order valence-corrected chi connectivity index (χ1v) is 9.65. The van der Waals surface area contributed by atoms with Crippen molar-refractivity contribution < 1.29 is 23.1 Å². The summed E-state index contributed by atoms with van der Waals surface area (Å²) in [6, 6.07) is 9.36. The molecule has 0 saturated carbocycles. The number of hydrogen-bond donors (Lipinski definition) is 1. The molecule has 1 aliphatic heterocycles. The maximum Gasteiger partial charge on any atom is 0.260 e. The zero-order valence-corrected chi connectivity index (χ0v) is 16.5. The smallest absolute Gasteiger partial charge is 0.260 e. The normalized spacial score (nSPS) is 19.0. The third kappa shape index (κ3) is 5.10. The second-order valence-corrected chi connectivity index (χ2v) is 7.32. The molecule has 2 aromatic carbocycles. The fourth-order valence-electron chi connectivity index (χ4n) is 3.62. The van der Waals surface area contributed by atoms with E-state index in [0.717, 1.165) is 37.5 Å². The predicted octanol–water partition coefficient (Wildman–Crippen LogP) is 4.39. The minimum Gasteiger partial charge on any atom is -0.484 e. The van der Waals surface area contributed by atoms with Crippen molar-refractivity contribution in [3.8, 4) is 5.75 Å². The molecule has 0 aromatic heterocycles. The number of halogens is 2. The standard InChI is InChI=1S/C22H24F2N2O3/c1-14-4-3-5-15(2)26(14)21(27)13-29-18-9-6-16(7-10-18)22(28)25-20-12-17(23)8-11-19(20)24/h6-12,14-15H,3-5,13H2,1-2H3,(H,25,28). The van der Waals surface area contributed by atoms with Crippen molar-refractivity contribution >= 4 is 17.5 Å². The average molecular weight is 402 g/mol. The molecular formula is C22H24F2N2O3. The highest BCUT2D eigenvalue weighted by molar-refractivity contribution is 6.04. The monoisotopic (exact) mass is 402 g/mol. The Morgan fingerprint density at radius 1 is 1.07 bits per heavy atom. The summed E-state index contributed by atoms with van der Waals surface area (Å²) < 4.78 is 32.5. The molecule has 1 saturated heterocycles. The summed E-state index contributed by atoms with van der Waals surface area (Å²) >= 11 is 0. The van der Waals surface area contributed by atoms with Crippen molar-refractivity contribution in [1.29, 1.82) is 0 Å². The van der Waals surface area contributed by atoms with Gasteiger partial charge < -0.3 is 15.0 Å². The van der Waals surface area contributed by atoms with Gasteiger partial charge in [-0.15, -0.1) is 0 Å². The molecule has 1 fully saturated rings. The van der Waals surface area contributed by atoms with Crippen LogP contribution in [0, 0.1) is 11.6 Å². The number of likely N-dealkylation sites (tertiary alicyclic amines) is 1. The maximum atomic E-state index is 13.7. The highest BCUT2D eigenvalue weighted by Crippen LogP contribution is 2.23. The number of carbonyl (C=O) groups excluding carboxylic acids is 2. The Morgan fingerprint density at radius 3 is 2.38 bits per heavy atom. The molecule has 0 aliphatic carbocycles. The molecule has 2 atom stereocenters. The quantitative estimate of drug-likeness (QED) is 0.807. The maximum absolute atomic E-state index is 13.7. The molecule has 1 aliphatic rings. The molecule has 5 nitrogen and oxygen atoms in total. The van der Waals surface area contributed by atoms with Crippen LogP contribution >= 0.6 is 0 Å². The van der Waals surface area contributed by atoms with Crippen LogP contribution in [0.2, 0.25) is 0 Å². The molecule has 2 aromatic rings. The van der Waals surface area contributed by atoms with Gasteiger partial charge in [0.2, 0.25) is 0 Å². The topological polar surface area (TPSA) is 58.6 Å². The number of amides is 2. The number of nitrogens with one attached hydrogen (secondary N) is 1. The molecule has 0 bridgehead atoms. The predicted molar refractivity (Wildman–Crippen MR) is 106 cm³/mol. The Hall–Kier alpha value is -2.96. The van der Waals surface area contributed by atoms with Gasteiger partial charge in [-0.1, -0.05) is 0 Å². The van der Waals surface area contributed by atoms with Crippen LogP contribution in [0.5, 0.6) is 5.75 Å². The van der Waals surface area contributed by atoms with Crippen LogP contribution in [0.1, 0.15) is 43.5 Å². The number of anilines is 1. The lowest BCUT2D eigenvalue weighted by Gasteiger charge is -2.38. The van der Waals surface area contributed by atoms with Gasteiger partial charge >= 0.3 is 0 Å². The lowest BCUT2D eigenvalue weighted by atomic mass is 9.97. The van der Waals surface area contributed by atoms with Gasteiger partial charge in [0, 0.05) is 23.7 Å². The summed E-state index contributed by atoms with van der Waals surface area (Å²) in [5.74, 6) is -1.56. The third-order valence-electron chi connectivity index (χ3n) is 5.14. The number of ether oxygens (including phenoxy) is 1. The minimum atomic E-state index is -0.723. The highest BCUT2D eigenvalue weighted by Gasteiger charge is 2.28. The van der Waals surface area contributed by atoms with E-state index in [0.29, 0.717) is 5.75 Å². The van der Waals surface area contributed by atoms with Crippen molar-refractivity contribution in [1.82, 2.24) is 4.90 Å². The Bertz CT molecular complexity index is 876. The molecule has 0 spiro atoms. The minimum absolute atomic E-state index is 0.0619. The van der Waals surface area contributed by atoms with Crippen molar-refractivity contribution in [2.45, 2.75) is 45.2 Å². The second kappa shape index (κ2) is 9.03. The fourth-order valence-corrected chi connectivity index (χ4v) is 3.62. The summed E-state index contributed by atoms with van der Waals surface area (Å²) in [6.45, 7) is 4.01. The van der Waals surface area contributed by atoms with E-state index in [2.05, 4.69) is 5.32 Å². The molecule has 2 amide bonds. The highest BCUT2D eigenvalue weighted by atomic mass is 19.1. The van der Waals surface area contributed by atoms with Crippen LogP contribution in [0.3, 0.4) is 0 Å². The van der Waals surface area contributed by atoms with Gasteiger partial charge in [-0.2, -0.15) is 0 Å². The molecule has 2 unspecified atom stereocenters. The van der Waals surface area contributed by atoms with Gasteiger partial charge in [0.25, 0.3) is 11.8 Å². The van der Waals surface area contributed by atoms with Gasteiger partial charge in [0.15, 0.2) is 6.61 Å². The first-order valence-electron chi connectivity index (χ1n) is 9.65. The Morgan fingerprint density at radius 2 is 1.72 bits per heavy atom. The SMILES string of the molecule is CC1CCCC(C)N1C(=O)COc1ccc(C(=O)Nc2cc(F)ccc2F)cc1. The van der Waals surface area contributed by atoms with Gasteiger partial charge in [0.1, 0.15) is 17.4 Å². The van der Waals surface area contributed by atoms with Gasteiger partial charge in [-0.25, -0.2) is 8.78 Å². The average Bonchev–Trinajstić information content (AvgIpc) is 2.69. The van der Waals surface area contributed by atoms with E-state index in [4.69, 9.17) is 4.74 Å². The van der Waals surface area contributed by atoms with E-state index in [1.165, 1.54) is 12.1 Å². The fraction of sp³-hybridized carbons (Fsp3) is 0.364. The van der Waals surface area contributed by atoms with Crippen LogP contribution in [-0.2, 0) is 4.79 Å². The molecule has 29 heavy (non-hydrogen) atoms. The molecule has 0 radical (unpaired) electrons. The number of carbonyl (C=O) groups is 2. The van der Waals surface area contributed by atoms with Crippen LogP contribution in [-0.4, -0.2) is 35.4 Å². The molecule has 1 heterocycles. The molecule has 1 N–H and O–H groups in total. The first kappa shape index (κ1) is 20.8. The zero-order valence-electron chi connectivity index (χ0n) is 16.5. The Kier molecular flexibility index (Phi) is 6.46. The molecular weight excluding hydrogens is 378 g/mol. The second-order valence-electron chi connectivity index (χ2n) is 7.32. The van der Waals surface area contributed by atoms with Crippen molar-refractivity contribution in [3.63, 3.8) is 0 Å². The van der Waals surface area contributed by atoms with Crippen molar-refractivity contribution in [3.05, 3.63) is 59.7 Å². The van der Waals surface area contributed by atoms with E-state index in [-0.39, 0.29) is 35.8 Å².